The van der Waals surface area contributed by atoms with Crippen LogP contribution in [0, 0.1) is 5.82 Å². The van der Waals surface area contributed by atoms with Crippen LogP contribution < -0.4 is 5.32 Å². The number of methoxy groups -OCH3 is 1. The molecule has 1 amide bonds. The molecule has 0 aliphatic rings. The minimum Gasteiger partial charge on any atom is -0.465 e. The van der Waals surface area contributed by atoms with Crippen LogP contribution in [0.2, 0.25) is 0 Å². The third kappa shape index (κ3) is 4.91. The van der Waals surface area contributed by atoms with E-state index in [1.807, 2.05) is 6.08 Å². The lowest BCUT2D eigenvalue weighted by Crippen LogP contribution is -2.20. The van der Waals surface area contributed by atoms with Gasteiger partial charge in [0.15, 0.2) is 0 Å². The molecule has 1 aromatic rings. The number of rotatable bonds is 5. The Hall–Kier alpha value is -2.17. The van der Waals surface area contributed by atoms with E-state index in [1.54, 1.807) is 12.1 Å². The van der Waals surface area contributed by atoms with Crippen molar-refractivity contribution in [2.75, 3.05) is 13.7 Å². The lowest BCUT2D eigenvalue weighted by molar-refractivity contribution is -0.118. The molecule has 5 heteroatoms. The van der Waals surface area contributed by atoms with Gasteiger partial charge < -0.3 is 10.1 Å². The van der Waals surface area contributed by atoms with Gasteiger partial charge in [-0.15, -0.1) is 0 Å². The molecule has 0 saturated carbocycles. The number of benzene rings is 1. The van der Waals surface area contributed by atoms with Crippen molar-refractivity contribution >= 4 is 18.0 Å². The Morgan fingerprint density at radius 3 is 2.74 bits per heavy atom. The number of carbonyl (C=O) groups excluding carboxylic acids is 2. The SMILES string of the molecule is COC(=O)c1ccc(C=CCCNC(C)=O)cc1F. The fourth-order valence-corrected chi connectivity index (χ4v) is 1.46. The van der Waals surface area contributed by atoms with E-state index >= 15 is 0 Å². The second-order valence-electron chi connectivity index (χ2n) is 3.90. The molecule has 0 bridgehead atoms. The summed E-state index contributed by atoms with van der Waals surface area (Å²) < 4.78 is 18.0. The van der Waals surface area contributed by atoms with Crippen LogP contribution in [-0.2, 0) is 9.53 Å². The Morgan fingerprint density at radius 1 is 1.42 bits per heavy atom. The predicted molar refractivity (Wildman–Crippen MR) is 70.1 cm³/mol. The molecule has 1 rings (SSSR count). The number of carbonyl (C=O) groups is 2. The Morgan fingerprint density at radius 2 is 2.16 bits per heavy atom. The van der Waals surface area contributed by atoms with E-state index in [0.717, 1.165) is 0 Å². The van der Waals surface area contributed by atoms with Crippen LogP contribution in [0.4, 0.5) is 4.39 Å². The molecule has 0 atom stereocenters. The normalized spacial score (nSPS) is 10.5. The Labute approximate surface area is 111 Å². The molecule has 0 spiro atoms. The first-order valence-corrected chi connectivity index (χ1v) is 5.83. The van der Waals surface area contributed by atoms with Crippen molar-refractivity contribution in [2.45, 2.75) is 13.3 Å². The van der Waals surface area contributed by atoms with Crippen LogP contribution in [0.3, 0.4) is 0 Å². The van der Waals surface area contributed by atoms with Gasteiger partial charge in [0.25, 0.3) is 0 Å². The molecule has 0 saturated heterocycles. The standard InChI is InChI=1S/C14H16FNO3/c1-10(17)16-8-4-3-5-11-6-7-12(13(15)9-11)14(18)19-2/h3,5-7,9H,4,8H2,1-2H3,(H,16,17). The highest BCUT2D eigenvalue weighted by Crippen LogP contribution is 2.13. The zero-order valence-electron chi connectivity index (χ0n) is 10.9. The maximum atomic E-state index is 13.6. The Balaban J connectivity index is 2.61. The van der Waals surface area contributed by atoms with Crippen molar-refractivity contribution in [1.82, 2.24) is 5.32 Å². The van der Waals surface area contributed by atoms with Gasteiger partial charge in [0.1, 0.15) is 5.82 Å². The Kier molecular flexibility index (Phi) is 5.73. The van der Waals surface area contributed by atoms with Gasteiger partial charge in [-0.1, -0.05) is 18.2 Å². The van der Waals surface area contributed by atoms with Crippen molar-refractivity contribution in [3.05, 3.63) is 41.2 Å². The molecule has 1 N–H and O–H groups in total. The van der Waals surface area contributed by atoms with Crippen LogP contribution in [-0.4, -0.2) is 25.5 Å². The molecule has 4 nitrogen and oxygen atoms in total. The monoisotopic (exact) mass is 265 g/mol. The molecule has 0 aromatic heterocycles. The molecule has 19 heavy (non-hydrogen) atoms. The summed E-state index contributed by atoms with van der Waals surface area (Å²) in [6.07, 6.45) is 4.20. The van der Waals surface area contributed by atoms with Gasteiger partial charge in [0.2, 0.25) is 5.91 Å². The summed E-state index contributed by atoms with van der Waals surface area (Å²) in [5, 5.41) is 2.65. The topological polar surface area (TPSA) is 55.4 Å². The van der Waals surface area contributed by atoms with Gasteiger partial charge in [-0.3, -0.25) is 4.79 Å². The van der Waals surface area contributed by atoms with E-state index in [-0.39, 0.29) is 11.5 Å². The summed E-state index contributed by atoms with van der Waals surface area (Å²) in [5.74, 6) is -1.39. The number of hydrogen-bond acceptors (Lipinski definition) is 3. The van der Waals surface area contributed by atoms with Crippen LogP contribution in [0.25, 0.3) is 6.08 Å². The number of amides is 1. The van der Waals surface area contributed by atoms with Gasteiger partial charge in [0.05, 0.1) is 12.7 Å². The zero-order chi connectivity index (χ0) is 14.3. The second kappa shape index (κ2) is 7.31. The highest BCUT2D eigenvalue weighted by atomic mass is 19.1. The summed E-state index contributed by atoms with van der Waals surface area (Å²) in [6.45, 7) is 1.99. The summed E-state index contributed by atoms with van der Waals surface area (Å²) in [7, 11) is 1.21. The zero-order valence-corrected chi connectivity index (χ0v) is 10.9. The molecule has 0 radical (unpaired) electrons. The smallest absolute Gasteiger partial charge is 0.340 e. The van der Waals surface area contributed by atoms with E-state index in [2.05, 4.69) is 10.1 Å². The fourth-order valence-electron chi connectivity index (χ4n) is 1.46. The van der Waals surface area contributed by atoms with Gasteiger partial charge in [-0.05, 0) is 24.1 Å². The number of esters is 1. The quantitative estimate of drug-likeness (QED) is 0.655. The fraction of sp³-hybridized carbons (Fsp3) is 0.286. The van der Waals surface area contributed by atoms with E-state index in [1.165, 1.54) is 26.2 Å². The molecule has 1 aromatic carbocycles. The first kappa shape index (κ1) is 14.9. The van der Waals surface area contributed by atoms with Crippen molar-refractivity contribution < 1.29 is 18.7 Å². The number of ether oxygens (including phenoxy) is 1. The largest absolute Gasteiger partial charge is 0.465 e. The average molecular weight is 265 g/mol. The predicted octanol–water partition coefficient (Wildman–Crippen LogP) is 2.15. The van der Waals surface area contributed by atoms with Crippen molar-refractivity contribution in [3.8, 4) is 0 Å². The summed E-state index contributed by atoms with van der Waals surface area (Å²) in [4.78, 5) is 21.8. The highest BCUT2D eigenvalue weighted by molar-refractivity contribution is 5.89. The first-order valence-electron chi connectivity index (χ1n) is 5.83. The van der Waals surface area contributed by atoms with E-state index in [0.29, 0.717) is 18.5 Å². The minimum absolute atomic E-state index is 0.0816. The number of hydrogen-bond donors (Lipinski definition) is 1. The summed E-state index contributed by atoms with van der Waals surface area (Å²) >= 11 is 0. The molecule has 0 heterocycles. The van der Waals surface area contributed by atoms with E-state index < -0.39 is 11.8 Å². The Bertz CT molecular complexity index is 497. The van der Waals surface area contributed by atoms with Crippen molar-refractivity contribution in [3.63, 3.8) is 0 Å². The molecule has 0 aliphatic carbocycles. The lowest BCUT2D eigenvalue weighted by Gasteiger charge is -2.02. The highest BCUT2D eigenvalue weighted by Gasteiger charge is 2.11. The van der Waals surface area contributed by atoms with Gasteiger partial charge in [-0.25, -0.2) is 9.18 Å². The van der Waals surface area contributed by atoms with E-state index in [9.17, 15) is 14.0 Å². The maximum Gasteiger partial charge on any atom is 0.340 e. The van der Waals surface area contributed by atoms with Crippen LogP contribution >= 0.6 is 0 Å². The van der Waals surface area contributed by atoms with Gasteiger partial charge in [0, 0.05) is 13.5 Å². The van der Waals surface area contributed by atoms with Crippen molar-refractivity contribution in [2.24, 2.45) is 0 Å². The molecular weight excluding hydrogens is 249 g/mol. The minimum atomic E-state index is -0.696. The number of halogens is 1. The third-order valence-electron chi connectivity index (χ3n) is 2.39. The molecule has 0 unspecified atom stereocenters. The molecule has 0 fully saturated rings. The van der Waals surface area contributed by atoms with Gasteiger partial charge in [-0.2, -0.15) is 0 Å². The van der Waals surface area contributed by atoms with Crippen LogP contribution in [0.1, 0.15) is 29.3 Å². The van der Waals surface area contributed by atoms with E-state index in [4.69, 9.17) is 0 Å². The first-order chi connectivity index (χ1) is 9.04. The van der Waals surface area contributed by atoms with Gasteiger partial charge >= 0.3 is 5.97 Å². The third-order valence-corrected chi connectivity index (χ3v) is 2.39. The van der Waals surface area contributed by atoms with Crippen molar-refractivity contribution in [1.29, 1.82) is 0 Å². The second-order valence-corrected chi connectivity index (χ2v) is 3.90. The number of nitrogens with one attached hydrogen (secondary N) is 1. The summed E-state index contributed by atoms with van der Waals surface area (Å²) in [6, 6.07) is 4.28. The summed E-state index contributed by atoms with van der Waals surface area (Å²) in [5.41, 5.74) is 0.561. The molecule has 0 aliphatic heterocycles. The van der Waals surface area contributed by atoms with Crippen LogP contribution in [0.5, 0.6) is 0 Å². The molecule has 102 valence electrons. The maximum absolute atomic E-state index is 13.6. The molecular formula is C14H16FNO3. The average Bonchev–Trinajstić information content (AvgIpc) is 2.37. The van der Waals surface area contributed by atoms with Crippen LogP contribution in [0.15, 0.2) is 24.3 Å². The lowest BCUT2D eigenvalue weighted by atomic mass is 10.1.